The highest BCUT2D eigenvalue weighted by molar-refractivity contribution is 5.69. The third-order valence-electron chi connectivity index (χ3n) is 3.55. The van der Waals surface area contributed by atoms with Crippen molar-refractivity contribution >= 4 is 5.97 Å². The Morgan fingerprint density at radius 3 is 2.58 bits per heavy atom. The lowest BCUT2D eigenvalue weighted by atomic mass is 10.1. The third kappa shape index (κ3) is 6.42. The highest BCUT2D eigenvalue weighted by Crippen LogP contribution is 2.14. The summed E-state index contributed by atoms with van der Waals surface area (Å²) in [5.74, 6) is 0.691. The minimum absolute atomic E-state index is 0.162. The lowest BCUT2D eigenvalue weighted by Gasteiger charge is -2.09. The molecule has 24 heavy (non-hydrogen) atoms. The van der Waals surface area contributed by atoms with Crippen molar-refractivity contribution in [2.75, 3.05) is 13.2 Å². The topological polar surface area (TPSA) is 47.6 Å². The van der Waals surface area contributed by atoms with Crippen LogP contribution in [0.25, 0.3) is 0 Å². The lowest BCUT2D eigenvalue weighted by molar-refractivity contribution is -0.142. The van der Waals surface area contributed by atoms with E-state index in [-0.39, 0.29) is 5.97 Å². The zero-order chi connectivity index (χ0) is 17.2. The fourth-order valence-corrected chi connectivity index (χ4v) is 2.33. The minimum Gasteiger partial charge on any atom is -0.489 e. The maximum atomic E-state index is 11.2. The molecular formula is C20H25NO3. The molecule has 0 unspecified atom stereocenters. The van der Waals surface area contributed by atoms with E-state index in [2.05, 4.69) is 30.4 Å². The molecule has 0 aliphatic heterocycles. The van der Waals surface area contributed by atoms with Gasteiger partial charge in [0.15, 0.2) is 0 Å². The van der Waals surface area contributed by atoms with E-state index in [1.807, 2.05) is 37.3 Å². The molecule has 0 saturated carbocycles. The smallest absolute Gasteiger partial charge is 0.307 e. The van der Waals surface area contributed by atoms with Gasteiger partial charge in [-0.15, -0.1) is 0 Å². The Hall–Kier alpha value is -2.33. The van der Waals surface area contributed by atoms with E-state index >= 15 is 0 Å². The van der Waals surface area contributed by atoms with Crippen LogP contribution in [-0.2, 0) is 22.7 Å². The lowest BCUT2D eigenvalue weighted by Crippen LogP contribution is -2.18. The van der Waals surface area contributed by atoms with Crippen LogP contribution in [0.3, 0.4) is 0 Å². The number of aryl methyl sites for hydroxylation is 1. The average Bonchev–Trinajstić information content (AvgIpc) is 2.58. The second kappa shape index (κ2) is 9.73. The zero-order valence-corrected chi connectivity index (χ0v) is 14.4. The molecule has 0 radical (unpaired) electrons. The van der Waals surface area contributed by atoms with E-state index in [0.29, 0.717) is 26.2 Å². The molecule has 0 aliphatic rings. The first-order valence-electron chi connectivity index (χ1n) is 8.31. The predicted molar refractivity (Wildman–Crippen MR) is 94.9 cm³/mol. The van der Waals surface area contributed by atoms with E-state index in [4.69, 9.17) is 9.47 Å². The average molecular weight is 327 g/mol. The summed E-state index contributed by atoms with van der Waals surface area (Å²) in [7, 11) is 0. The summed E-state index contributed by atoms with van der Waals surface area (Å²) < 4.78 is 10.7. The molecule has 2 aromatic rings. The van der Waals surface area contributed by atoms with Gasteiger partial charge in [-0.05, 0) is 37.1 Å². The predicted octanol–water partition coefficient (Wildman–Crippen LogP) is 3.62. The monoisotopic (exact) mass is 327 g/mol. The van der Waals surface area contributed by atoms with Gasteiger partial charge < -0.3 is 14.8 Å². The second-order valence-electron chi connectivity index (χ2n) is 5.65. The molecule has 0 amide bonds. The molecule has 0 spiro atoms. The van der Waals surface area contributed by atoms with E-state index in [1.165, 1.54) is 11.1 Å². The van der Waals surface area contributed by atoms with Crippen LogP contribution in [0, 0.1) is 6.92 Å². The van der Waals surface area contributed by atoms with Crippen LogP contribution in [0.4, 0.5) is 0 Å². The Labute approximate surface area is 143 Å². The van der Waals surface area contributed by atoms with Crippen molar-refractivity contribution in [3.8, 4) is 5.75 Å². The largest absolute Gasteiger partial charge is 0.489 e. The molecule has 0 saturated heterocycles. The molecule has 0 aromatic heterocycles. The van der Waals surface area contributed by atoms with Gasteiger partial charge in [0, 0.05) is 13.1 Å². The summed E-state index contributed by atoms with van der Waals surface area (Å²) in [5, 5.41) is 3.23. The van der Waals surface area contributed by atoms with Gasteiger partial charge in [-0.1, -0.05) is 42.0 Å². The highest BCUT2D eigenvalue weighted by Gasteiger charge is 2.01. The summed E-state index contributed by atoms with van der Waals surface area (Å²) in [5.41, 5.74) is 3.56. The highest BCUT2D eigenvalue weighted by atomic mass is 16.5. The van der Waals surface area contributed by atoms with Crippen molar-refractivity contribution in [2.45, 2.75) is 33.4 Å². The number of hydrogen-bond acceptors (Lipinski definition) is 4. The summed E-state index contributed by atoms with van der Waals surface area (Å²) in [4.78, 5) is 11.2. The molecule has 0 fully saturated rings. The molecule has 0 heterocycles. The standard InChI is InChI=1S/C20H25NO3/c1-3-23-20(22)11-12-21-14-17-7-9-19(10-8-17)24-15-18-6-4-5-16(2)13-18/h4-10,13,21H,3,11-12,14-15H2,1-2H3. The molecular weight excluding hydrogens is 302 g/mol. The number of benzene rings is 2. The summed E-state index contributed by atoms with van der Waals surface area (Å²) in [6.45, 7) is 6.23. The second-order valence-corrected chi connectivity index (χ2v) is 5.65. The fraction of sp³-hybridized carbons (Fsp3) is 0.350. The summed E-state index contributed by atoms with van der Waals surface area (Å²) in [6.07, 6.45) is 0.394. The van der Waals surface area contributed by atoms with Crippen LogP contribution in [0.2, 0.25) is 0 Å². The van der Waals surface area contributed by atoms with Gasteiger partial charge in [0.2, 0.25) is 0 Å². The first-order valence-corrected chi connectivity index (χ1v) is 8.31. The van der Waals surface area contributed by atoms with Gasteiger partial charge in [0.25, 0.3) is 0 Å². The van der Waals surface area contributed by atoms with Crippen LogP contribution in [-0.4, -0.2) is 19.1 Å². The molecule has 0 aliphatic carbocycles. The Morgan fingerprint density at radius 2 is 1.88 bits per heavy atom. The van der Waals surface area contributed by atoms with Crippen molar-refractivity contribution in [1.82, 2.24) is 5.32 Å². The van der Waals surface area contributed by atoms with Crippen LogP contribution in [0.5, 0.6) is 5.75 Å². The number of nitrogens with one attached hydrogen (secondary N) is 1. The van der Waals surface area contributed by atoms with E-state index in [9.17, 15) is 4.79 Å². The quantitative estimate of drug-likeness (QED) is 0.564. The van der Waals surface area contributed by atoms with E-state index in [1.54, 1.807) is 0 Å². The maximum Gasteiger partial charge on any atom is 0.307 e. The Bertz CT molecular complexity index is 638. The van der Waals surface area contributed by atoms with Crippen molar-refractivity contribution < 1.29 is 14.3 Å². The first-order chi connectivity index (χ1) is 11.7. The molecule has 4 nitrogen and oxygen atoms in total. The molecule has 2 rings (SSSR count). The number of esters is 1. The van der Waals surface area contributed by atoms with Crippen LogP contribution >= 0.6 is 0 Å². The maximum absolute atomic E-state index is 11.2. The van der Waals surface area contributed by atoms with Crippen LogP contribution in [0.15, 0.2) is 48.5 Å². The van der Waals surface area contributed by atoms with E-state index < -0.39 is 0 Å². The molecule has 0 bridgehead atoms. The molecule has 4 heteroatoms. The number of hydrogen-bond donors (Lipinski definition) is 1. The normalized spacial score (nSPS) is 10.4. The number of carbonyl (C=O) groups excluding carboxylic acids is 1. The van der Waals surface area contributed by atoms with E-state index in [0.717, 1.165) is 17.9 Å². The van der Waals surface area contributed by atoms with Gasteiger partial charge in [-0.25, -0.2) is 0 Å². The minimum atomic E-state index is -0.162. The molecule has 128 valence electrons. The summed E-state index contributed by atoms with van der Waals surface area (Å²) >= 11 is 0. The fourth-order valence-electron chi connectivity index (χ4n) is 2.33. The van der Waals surface area contributed by atoms with Gasteiger partial charge >= 0.3 is 5.97 Å². The first kappa shape index (κ1) is 18.0. The van der Waals surface area contributed by atoms with Crippen molar-refractivity contribution in [3.63, 3.8) is 0 Å². The van der Waals surface area contributed by atoms with Gasteiger partial charge in [0.1, 0.15) is 12.4 Å². The van der Waals surface area contributed by atoms with Gasteiger partial charge in [-0.3, -0.25) is 4.79 Å². The molecule has 1 N–H and O–H groups in total. The summed E-state index contributed by atoms with van der Waals surface area (Å²) in [6, 6.07) is 16.3. The van der Waals surface area contributed by atoms with Crippen LogP contribution < -0.4 is 10.1 Å². The number of carbonyl (C=O) groups is 1. The van der Waals surface area contributed by atoms with Gasteiger partial charge in [0.05, 0.1) is 13.0 Å². The van der Waals surface area contributed by atoms with Crippen molar-refractivity contribution in [1.29, 1.82) is 0 Å². The number of ether oxygens (including phenoxy) is 2. The third-order valence-corrected chi connectivity index (χ3v) is 3.55. The Morgan fingerprint density at radius 1 is 1.08 bits per heavy atom. The molecule has 2 aromatic carbocycles. The SMILES string of the molecule is CCOC(=O)CCNCc1ccc(OCc2cccc(C)c2)cc1. The number of rotatable bonds is 9. The van der Waals surface area contributed by atoms with Crippen LogP contribution in [0.1, 0.15) is 30.0 Å². The van der Waals surface area contributed by atoms with Crippen molar-refractivity contribution in [2.24, 2.45) is 0 Å². The Kier molecular flexibility index (Phi) is 7.30. The Balaban J connectivity index is 1.71. The van der Waals surface area contributed by atoms with Gasteiger partial charge in [-0.2, -0.15) is 0 Å². The van der Waals surface area contributed by atoms with Crippen molar-refractivity contribution in [3.05, 3.63) is 65.2 Å². The zero-order valence-electron chi connectivity index (χ0n) is 14.4. The molecule has 0 atom stereocenters.